The highest BCUT2D eigenvalue weighted by molar-refractivity contribution is 5.78. The number of urea groups is 1. The van der Waals surface area contributed by atoms with Crippen molar-refractivity contribution in [3.8, 4) is 0 Å². The van der Waals surface area contributed by atoms with E-state index in [4.69, 9.17) is 0 Å². The predicted octanol–water partition coefficient (Wildman–Crippen LogP) is 1.04. The third-order valence-corrected chi connectivity index (χ3v) is 3.92. The Kier molecular flexibility index (Phi) is 6.87. The summed E-state index contributed by atoms with van der Waals surface area (Å²) in [6.45, 7) is 4.29. The molecule has 1 heterocycles. The van der Waals surface area contributed by atoms with Gasteiger partial charge in [-0.2, -0.15) is 0 Å². The zero-order valence-corrected chi connectivity index (χ0v) is 13.8. The number of carbonyl (C=O) groups is 2. The van der Waals surface area contributed by atoms with E-state index in [9.17, 15) is 9.59 Å². The van der Waals surface area contributed by atoms with Crippen LogP contribution in [-0.2, 0) is 11.3 Å². The largest absolute Gasteiger partial charge is 0.341 e. The molecule has 23 heavy (non-hydrogen) atoms. The molecule has 6 heteroatoms. The maximum Gasteiger partial charge on any atom is 0.317 e. The number of carbonyl (C=O) groups excluding carboxylic acids is 2. The SMILES string of the molecule is CN(Cc1ccccc1)C(=O)NCCC(=O)N1CCCNCC1. The molecule has 0 bridgehead atoms. The zero-order chi connectivity index (χ0) is 16.5. The molecule has 0 unspecified atom stereocenters. The van der Waals surface area contributed by atoms with E-state index in [1.165, 1.54) is 0 Å². The molecule has 1 aromatic carbocycles. The molecule has 2 N–H and O–H groups in total. The third-order valence-electron chi connectivity index (χ3n) is 3.92. The summed E-state index contributed by atoms with van der Waals surface area (Å²) in [5.41, 5.74) is 1.08. The Morgan fingerprint density at radius 2 is 2.00 bits per heavy atom. The smallest absolute Gasteiger partial charge is 0.317 e. The molecule has 126 valence electrons. The van der Waals surface area contributed by atoms with E-state index in [0.717, 1.165) is 38.2 Å². The number of nitrogens with one attached hydrogen (secondary N) is 2. The molecule has 0 aromatic heterocycles. The van der Waals surface area contributed by atoms with Gasteiger partial charge in [0, 0.05) is 46.2 Å². The molecule has 1 aliphatic rings. The van der Waals surface area contributed by atoms with Crippen LogP contribution in [0.4, 0.5) is 4.79 Å². The molecular formula is C17H26N4O2. The molecule has 3 amide bonds. The van der Waals surface area contributed by atoms with E-state index in [1.54, 1.807) is 11.9 Å². The summed E-state index contributed by atoms with van der Waals surface area (Å²) in [6.07, 6.45) is 1.34. The Morgan fingerprint density at radius 3 is 2.78 bits per heavy atom. The molecule has 1 saturated heterocycles. The summed E-state index contributed by atoms with van der Waals surface area (Å²) >= 11 is 0. The van der Waals surface area contributed by atoms with Crippen LogP contribution in [0.15, 0.2) is 30.3 Å². The van der Waals surface area contributed by atoms with Gasteiger partial charge in [0.1, 0.15) is 0 Å². The summed E-state index contributed by atoms with van der Waals surface area (Å²) < 4.78 is 0. The number of nitrogens with zero attached hydrogens (tertiary/aromatic N) is 2. The quantitative estimate of drug-likeness (QED) is 0.852. The number of amides is 3. The van der Waals surface area contributed by atoms with Gasteiger partial charge in [0.05, 0.1) is 0 Å². The van der Waals surface area contributed by atoms with Crippen molar-refractivity contribution >= 4 is 11.9 Å². The van der Waals surface area contributed by atoms with E-state index in [0.29, 0.717) is 19.5 Å². The van der Waals surface area contributed by atoms with E-state index in [1.807, 2.05) is 35.2 Å². The van der Waals surface area contributed by atoms with Crippen LogP contribution in [0.25, 0.3) is 0 Å². The van der Waals surface area contributed by atoms with Crippen LogP contribution in [0.3, 0.4) is 0 Å². The Hall–Kier alpha value is -2.08. The van der Waals surface area contributed by atoms with Crippen molar-refractivity contribution in [1.29, 1.82) is 0 Å². The van der Waals surface area contributed by atoms with Crippen molar-refractivity contribution in [2.24, 2.45) is 0 Å². The lowest BCUT2D eigenvalue weighted by molar-refractivity contribution is -0.130. The van der Waals surface area contributed by atoms with Crippen molar-refractivity contribution in [2.75, 3.05) is 39.8 Å². The fourth-order valence-corrected chi connectivity index (χ4v) is 2.59. The van der Waals surface area contributed by atoms with E-state index in [2.05, 4.69) is 10.6 Å². The minimum atomic E-state index is -0.154. The Balaban J connectivity index is 1.68. The highest BCUT2D eigenvalue weighted by Crippen LogP contribution is 2.03. The Labute approximate surface area is 137 Å². The summed E-state index contributed by atoms with van der Waals surface area (Å²) in [5, 5.41) is 6.09. The van der Waals surface area contributed by atoms with Crippen molar-refractivity contribution in [1.82, 2.24) is 20.4 Å². The van der Waals surface area contributed by atoms with Gasteiger partial charge in [-0.05, 0) is 18.5 Å². The van der Waals surface area contributed by atoms with Crippen LogP contribution in [0.5, 0.6) is 0 Å². The summed E-state index contributed by atoms with van der Waals surface area (Å²) in [4.78, 5) is 27.7. The van der Waals surface area contributed by atoms with Crippen LogP contribution >= 0.6 is 0 Å². The molecule has 1 fully saturated rings. The number of benzene rings is 1. The van der Waals surface area contributed by atoms with Crippen LogP contribution < -0.4 is 10.6 Å². The molecular weight excluding hydrogens is 292 g/mol. The van der Waals surface area contributed by atoms with Gasteiger partial charge in [-0.1, -0.05) is 30.3 Å². The molecule has 0 aliphatic carbocycles. The predicted molar refractivity (Wildman–Crippen MR) is 90.0 cm³/mol. The van der Waals surface area contributed by atoms with Crippen LogP contribution in [-0.4, -0.2) is 61.5 Å². The lowest BCUT2D eigenvalue weighted by Gasteiger charge is -2.21. The average molecular weight is 318 g/mol. The van der Waals surface area contributed by atoms with E-state index in [-0.39, 0.29) is 11.9 Å². The molecule has 0 atom stereocenters. The van der Waals surface area contributed by atoms with Gasteiger partial charge in [-0.25, -0.2) is 4.79 Å². The lowest BCUT2D eigenvalue weighted by Crippen LogP contribution is -2.40. The standard InChI is InChI=1S/C17H26N4O2/c1-20(14-15-6-3-2-4-7-15)17(23)19-10-8-16(22)21-12-5-9-18-11-13-21/h2-4,6-7,18H,5,8-14H2,1H3,(H,19,23). The van der Waals surface area contributed by atoms with E-state index >= 15 is 0 Å². The maximum absolute atomic E-state index is 12.1. The first-order valence-electron chi connectivity index (χ1n) is 8.18. The molecule has 1 aliphatic heterocycles. The number of hydrogen-bond donors (Lipinski definition) is 2. The third kappa shape index (κ3) is 5.90. The molecule has 2 rings (SSSR count). The van der Waals surface area contributed by atoms with Gasteiger partial charge >= 0.3 is 6.03 Å². The van der Waals surface area contributed by atoms with Crippen molar-refractivity contribution in [3.05, 3.63) is 35.9 Å². The first kappa shape index (κ1) is 17.3. The highest BCUT2D eigenvalue weighted by atomic mass is 16.2. The summed E-state index contributed by atoms with van der Waals surface area (Å²) in [7, 11) is 1.75. The average Bonchev–Trinajstić information content (AvgIpc) is 2.85. The molecule has 0 spiro atoms. The number of rotatable bonds is 5. The minimum Gasteiger partial charge on any atom is -0.341 e. The fourth-order valence-electron chi connectivity index (χ4n) is 2.59. The molecule has 6 nitrogen and oxygen atoms in total. The topological polar surface area (TPSA) is 64.7 Å². The first-order chi connectivity index (χ1) is 11.2. The van der Waals surface area contributed by atoms with Gasteiger partial charge in [0.25, 0.3) is 0 Å². The lowest BCUT2D eigenvalue weighted by atomic mass is 10.2. The van der Waals surface area contributed by atoms with Gasteiger partial charge in [-0.3, -0.25) is 4.79 Å². The van der Waals surface area contributed by atoms with Crippen LogP contribution in [0, 0.1) is 0 Å². The molecule has 0 radical (unpaired) electrons. The minimum absolute atomic E-state index is 0.111. The summed E-state index contributed by atoms with van der Waals surface area (Å²) in [6, 6.07) is 9.68. The Bertz CT molecular complexity index is 499. The van der Waals surface area contributed by atoms with E-state index < -0.39 is 0 Å². The summed E-state index contributed by atoms with van der Waals surface area (Å²) in [5.74, 6) is 0.111. The van der Waals surface area contributed by atoms with Crippen molar-refractivity contribution < 1.29 is 9.59 Å². The Morgan fingerprint density at radius 1 is 1.22 bits per heavy atom. The molecule has 0 saturated carbocycles. The molecule has 1 aromatic rings. The first-order valence-corrected chi connectivity index (χ1v) is 8.18. The van der Waals surface area contributed by atoms with Gasteiger partial charge in [0.15, 0.2) is 0 Å². The van der Waals surface area contributed by atoms with Crippen molar-refractivity contribution in [3.63, 3.8) is 0 Å². The maximum atomic E-state index is 12.1. The van der Waals surface area contributed by atoms with Gasteiger partial charge in [0.2, 0.25) is 5.91 Å². The fraction of sp³-hybridized carbons (Fsp3) is 0.529. The van der Waals surface area contributed by atoms with Crippen LogP contribution in [0.1, 0.15) is 18.4 Å². The van der Waals surface area contributed by atoms with Gasteiger partial charge < -0.3 is 20.4 Å². The van der Waals surface area contributed by atoms with Crippen molar-refractivity contribution in [2.45, 2.75) is 19.4 Å². The second-order valence-corrected chi connectivity index (χ2v) is 5.81. The zero-order valence-electron chi connectivity index (χ0n) is 13.8. The highest BCUT2D eigenvalue weighted by Gasteiger charge is 2.15. The second kappa shape index (κ2) is 9.15. The normalized spacial score (nSPS) is 14.9. The van der Waals surface area contributed by atoms with Crippen LogP contribution in [0.2, 0.25) is 0 Å². The monoisotopic (exact) mass is 318 g/mol. The van der Waals surface area contributed by atoms with Gasteiger partial charge in [-0.15, -0.1) is 0 Å². The number of hydrogen-bond acceptors (Lipinski definition) is 3. The second-order valence-electron chi connectivity index (χ2n) is 5.81.